The highest BCUT2D eigenvalue weighted by molar-refractivity contribution is 5.95. The molecular weight excluding hydrogens is 251 g/mol. The van der Waals surface area contributed by atoms with Gasteiger partial charge in [0.1, 0.15) is 6.54 Å². The van der Waals surface area contributed by atoms with Crippen molar-refractivity contribution in [1.82, 2.24) is 9.55 Å². The topological polar surface area (TPSA) is 55.2 Å². The lowest BCUT2D eigenvalue weighted by molar-refractivity contribution is -0.141. The van der Waals surface area contributed by atoms with Crippen molar-refractivity contribution in [3.05, 3.63) is 22.1 Å². The van der Waals surface area contributed by atoms with Crippen LogP contribution >= 0.6 is 0 Å². The van der Waals surface area contributed by atoms with E-state index >= 15 is 0 Å². The summed E-state index contributed by atoms with van der Waals surface area (Å²) in [6.07, 6.45) is -4.71. The van der Waals surface area contributed by atoms with Crippen LogP contribution in [0.3, 0.4) is 0 Å². The van der Waals surface area contributed by atoms with E-state index in [9.17, 15) is 22.8 Å². The molecule has 1 aliphatic heterocycles. The largest absolute Gasteiger partial charge is 0.433 e. The van der Waals surface area contributed by atoms with Crippen LogP contribution < -0.4 is 10.5 Å². The molecule has 5 nitrogen and oxygen atoms in total. The number of aromatic nitrogens is 2. The first-order chi connectivity index (χ1) is 8.21. The van der Waals surface area contributed by atoms with Crippen molar-refractivity contribution in [3.63, 3.8) is 0 Å². The molecule has 0 saturated heterocycles. The molecule has 18 heavy (non-hydrogen) atoms. The van der Waals surface area contributed by atoms with Crippen LogP contribution in [-0.4, -0.2) is 21.5 Å². The summed E-state index contributed by atoms with van der Waals surface area (Å²) in [6.45, 7) is 3.01. The third-order valence-corrected chi connectivity index (χ3v) is 2.57. The van der Waals surface area contributed by atoms with Crippen molar-refractivity contribution < 1.29 is 18.0 Å². The summed E-state index contributed by atoms with van der Waals surface area (Å²) >= 11 is 0. The molecule has 0 unspecified atom stereocenters. The predicted octanol–water partition coefficient (Wildman–Crippen LogP) is 1.02. The third kappa shape index (κ3) is 1.87. The highest BCUT2D eigenvalue weighted by atomic mass is 19.4. The van der Waals surface area contributed by atoms with Gasteiger partial charge in [0.25, 0.3) is 5.56 Å². The number of rotatable bonds is 1. The number of amides is 1. The van der Waals surface area contributed by atoms with E-state index < -0.39 is 23.3 Å². The van der Waals surface area contributed by atoms with Gasteiger partial charge in [0.05, 0.1) is 0 Å². The van der Waals surface area contributed by atoms with Gasteiger partial charge in [0, 0.05) is 12.1 Å². The standard InChI is InChI=1S/C10H10F3N3O2/c1-5(2)16-8(18)4-15-7(17)3-6(10(11,12)13)14-9(15)16/h3,5H,4H2,1-2H3. The number of fused-ring (bicyclic) bond motifs is 1. The van der Waals surface area contributed by atoms with Gasteiger partial charge in [-0.1, -0.05) is 0 Å². The van der Waals surface area contributed by atoms with Gasteiger partial charge in [0.2, 0.25) is 11.9 Å². The first-order valence-corrected chi connectivity index (χ1v) is 5.23. The molecule has 0 N–H and O–H groups in total. The summed E-state index contributed by atoms with van der Waals surface area (Å²) in [5.41, 5.74) is -2.15. The van der Waals surface area contributed by atoms with Crippen LogP contribution in [0.1, 0.15) is 19.5 Å². The number of anilines is 1. The Morgan fingerprint density at radius 2 is 1.94 bits per heavy atom. The summed E-state index contributed by atoms with van der Waals surface area (Å²) in [5, 5.41) is 0. The Balaban J connectivity index is 2.64. The van der Waals surface area contributed by atoms with E-state index in [1.807, 2.05) is 0 Å². The van der Waals surface area contributed by atoms with Gasteiger partial charge in [-0.3, -0.25) is 19.1 Å². The zero-order chi connectivity index (χ0) is 13.7. The SMILES string of the molecule is CC(C)N1C(=O)Cn2c1nc(C(F)(F)F)cc2=O. The Kier molecular flexibility index (Phi) is 2.67. The molecule has 8 heteroatoms. The van der Waals surface area contributed by atoms with Gasteiger partial charge in [-0.2, -0.15) is 13.2 Å². The Hall–Kier alpha value is -1.86. The molecule has 0 spiro atoms. The molecule has 0 aliphatic carbocycles. The van der Waals surface area contributed by atoms with Crippen LogP contribution in [-0.2, 0) is 17.5 Å². The monoisotopic (exact) mass is 261 g/mol. The summed E-state index contributed by atoms with van der Waals surface area (Å²) in [4.78, 5) is 27.6. The molecule has 0 aromatic carbocycles. The van der Waals surface area contributed by atoms with Crippen LogP contribution in [0, 0.1) is 0 Å². The summed E-state index contributed by atoms with van der Waals surface area (Å²) < 4.78 is 38.6. The summed E-state index contributed by atoms with van der Waals surface area (Å²) in [6, 6.07) is 0.0438. The van der Waals surface area contributed by atoms with Crippen LogP contribution in [0.4, 0.5) is 19.1 Å². The van der Waals surface area contributed by atoms with Crippen molar-refractivity contribution in [3.8, 4) is 0 Å². The number of hydrogen-bond donors (Lipinski definition) is 0. The molecule has 1 aromatic heterocycles. The predicted molar refractivity (Wildman–Crippen MR) is 56.1 cm³/mol. The Labute approximate surface area is 99.8 Å². The van der Waals surface area contributed by atoms with E-state index in [0.717, 1.165) is 9.47 Å². The summed E-state index contributed by atoms with van der Waals surface area (Å²) in [5.74, 6) is -0.677. The fourth-order valence-corrected chi connectivity index (χ4v) is 1.81. The van der Waals surface area contributed by atoms with E-state index in [1.165, 1.54) is 0 Å². The molecule has 0 bridgehead atoms. The molecule has 1 amide bonds. The highest BCUT2D eigenvalue weighted by Gasteiger charge is 2.38. The number of hydrogen-bond acceptors (Lipinski definition) is 3. The molecule has 1 aliphatic rings. The minimum atomic E-state index is -4.71. The van der Waals surface area contributed by atoms with Gasteiger partial charge in [-0.05, 0) is 13.8 Å². The first-order valence-electron chi connectivity index (χ1n) is 5.23. The smallest absolute Gasteiger partial charge is 0.278 e. The van der Waals surface area contributed by atoms with E-state index in [1.54, 1.807) is 13.8 Å². The second kappa shape index (κ2) is 3.82. The molecule has 0 radical (unpaired) electrons. The Morgan fingerprint density at radius 3 is 2.44 bits per heavy atom. The fourth-order valence-electron chi connectivity index (χ4n) is 1.81. The van der Waals surface area contributed by atoms with E-state index in [2.05, 4.69) is 4.98 Å². The van der Waals surface area contributed by atoms with Crippen molar-refractivity contribution in [1.29, 1.82) is 0 Å². The lowest BCUT2D eigenvalue weighted by atomic mass is 10.3. The zero-order valence-corrected chi connectivity index (χ0v) is 9.65. The van der Waals surface area contributed by atoms with Crippen molar-refractivity contribution >= 4 is 11.9 Å². The van der Waals surface area contributed by atoms with E-state index in [0.29, 0.717) is 6.07 Å². The Bertz CT molecular complexity index is 562. The fraction of sp³-hybridized carbons (Fsp3) is 0.500. The van der Waals surface area contributed by atoms with Gasteiger partial charge < -0.3 is 0 Å². The molecule has 0 fully saturated rings. The maximum atomic E-state index is 12.5. The number of alkyl halides is 3. The van der Waals surface area contributed by atoms with Crippen molar-refractivity contribution in [2.24, 2.45) is 0 Å². The lowest BCUT2D eigenvalue weighted by Crippen LogP contribution is -2.34. The number of carbonyl (C=O) groups excluding carboxylic acids is 1. The maximum absolute atomic E-state index is 12.5. The summed E-state index contributed by atoms with van der Waals surface area (Å²) in [7, 11) is 0. The molecule has 2 rings (SSSR count). The normalized spacial score (nSPS) is 15.4. The highest BCUT2D eigenvalue weighted by Crippen LogP contribution is 2.29. The van der Waals surface area contributed by atoms with Crippen molar-refractivity contribution in [2.75, 3.05) is 4.90 Å². The average Bonchev–Trinajstić information content (AvgIpc) is 2.53. The third-order valence-electron chi connectivity index (χ3n) is 2.57. The maximum Gasteiger partial charge on any atom is 0.433 e. The van der Waals surface area contributed by atoms with Crippen molar-refractivity contribution in [2.45, 2.75) is 32.6 Å². The first kappa shape index (κ1) is 12.6. The van der Waals surface area contributed by atoms with Gasteiger partial charge >= 0.3 is 6.18 Å². The zero-order valence-electron chi connectivity index (χ0n) is 9.65. The Morgan fingerprint density at radius 1 is 1.33 bits per heavy atom. The molecule has 0 atom stereocenters. The molecule has 0 saturated carbocycles. The number of nitrogens with zero attached hydrogens (tertiary/aromatic N) is 3. The van der Waals surface area contributed by atoms with E-state index in [-0.39, 0.29) is 18.5 Å². The second-order valence-electron chi connectivity index (χ2n) is 4.22. The molecule has 2 heterocycles. The minimum Gasteiger partial charge on any atom is -0.278 e. The van der Waals surface area contributed by atoms with Gasteiger partial charge in [0.15, 0.2) is 5.69 Å². The number of carbonyl (C=O) groups is 1. The minimum absolute atomic E-state index is 0.241. The number of halogens is 3. The quantitative estimate of drug-likeness (QED) is 0.758. The van der Waals surface area contributed by atoms with Crippen LogP contribution in [0.5, 0.6) is 0 Å². The van der Waals surface area contributed by atoms with Gasteiger partial charge in [-0.15, -0.1) is 0 Å². The molecular formula is C10H10F3N3O2. The van der Waals surface area contributed by atoms with Crippen LogP contribution in [0.15, 0.2) is 10.9 Å². The lowest BCUT2D eigenvalue weighted by Gasteiger charge is -2.20. The average molecular weight is 261 g/mol. The van der Waals surface area contributed by atoms with E-state index in [4.69, 9.17) is 0 Å². The molecule has 1 aromatic rings. The second-order valence-corrected chi connectivity index (χ2v) is 4.22. The molecule has 98 valence electrons. The van der Waals surface area contributed by atoms with Gasteiger partial charge in [-0.25, -0.2) is 4.98 Å². The van der Waals surface area contributed by atoms with Crippen LogP contribution in [0.2, 0.25) is 0 Å². The van der Waals surface area contributed by atoms with Crippen LogP contribution in [0.25, 0.3) is 0 Å².